The maximum Gasteiger partial charge on any atom is 0.131 e. The summed E-state index contributed by atoms with van der Waals surface area (Å²) in [5, 5.41) is 9.77. The molecule has 0 heterocycles. The molecule has 0 radical (unpaired) electrons. The first-order valence-electron chi connectivity index (χ1n) is 7.60. The number of allylic oxidation sites excluding steroid dienone is 1. The van der Waals surface area contributed by atoms with Crippen LogP contribution >= 0.6 is 0 Å². The average Bonchev–Trinajstić information content (AvgIpc) is 2.94. The molecular weight excluding hydrogens is 287 g/mol. The summed E-state index contributed by atoms with van der Waals surface area (Å²) >= 11 is 0. The molecule has 0 atom stereocenters. The van der Waals surface area contributed by atoms with Gasteiger partial charge in [0, 0.05) is 5.56 Å². The van der Waals surface area contributed by atoms with Gasteiger partial charge in [-0.15, -0.1) is 0 Å². The Labute approximate surface area is 134 Å². The Morgan fingerprint density at radius 2 is 1.52 bits per heavy atom. The quantitative estimate of drug-likeness (QED) is 0.702. The number of fused-ring (bicyclic) bond motifs is 1. The predicted molar refractivity (Wildman–Crippen MR) is 90.6 cm³/mol. The van der Waals surface area contributed by atoms with E-state index < -0.39 is 0 Å². The topological polar surface area (TPSA) is 20.2 Å². The first kappa shape index (κ1) is 13.8. The fraction of sp³-hybridized carbons (Fsp3) is 0.0476. The Bertz CT molecular complexity index is 910. The maximum absolute atomic E-state index is 14.4. The normalized spacial score (nSPS) is 13.3. The smallest absolute Gasteiger partial charge is 0.131 e. The third kappa shape index (κ3) is 2.33. The summed E-state index contributed by atoms with van der Waals surface area (Å²) in [6.07, 6.45) is 0.692. The van der Waals surface area contributed by atoms with Gasteiger partial charge in [0.25, 0.3) is 0 Å². The minimum Gasteiger partial charge on any atom is -0.508 e. The average molecular weight is 302 g/mol. The Morgan fingerprint density at radius 3 is 2.30 bits per heavy atom. The van der Waals surface area contributed by atoms with Gasteiger partial charge in [0.1, 0.15) is 11.6 Å². The summed E-state index contributed by atoms with van der Waals surface area (Å²) in [7, 11) is 0. The molecule has 1 nitrogen and oxygen atoms in total. The van der Waals surface area contributed by atoms with Crippen LogP contribution in [-0.4, -0.2) is 5.11 Å². The maximum atomic E-state index is 14.4. The Balaban J connectivity index is 2.00. The van der Waals surface area contributed by atoms with Crippen LogP contribution in [0.3, 0.4) is 0 Å². The molecule has 0 aliphatic heterocycles. The Hall–Kier alpha value is -2.87. The standard InChI is InChI=1S/C21H15FO/c22-20-9-5-4-8-18(20)21-17-11-10-16(23)12-15(17)13-19(21)14-6-2-1-3-7-14/h1-12,23H,13H2. The van der Waals surface area contributed by atoms with E-state index in [2.05, 4.69) is 0 Å². The summed E-state index contributed by atoms with van der Waals surface area (Å²) in [5.74, 6) is 0.0165. The fourth-order valence-electron chi connectivity index (χ4n) is 3.27. The molecule has 1 aliphatic carbocycles. The molecule has 3 aromatic carbocycles. The second-order valence-electron chi connectivity index (χ2n) is 5.72. The lowest BCUT2D eigenvalue weighted by atomic mass is 9.94. The lowest BCUT2D eigenvalue weighted by Crippen LogP contribution is -1.92. The number of phenolic OH excluding ortho intramolecular Hbond substituents is 1. The zero-order valence-corrected chi connectivity index (χ0v) is 12.5. The molecule has 4 rings (SSSR count). The van der Waals surface area contributed by atoms with E-state index >= 15 is 0 Å². The molecular formula is C21H15FO. The molecule has 23 heavy (non-hydrogen) atoms. The Morgan fingerprint density at radius 1 is 0.783 bits per heavy atom. The number of phenols is 1. The monoisotopic (exact) mass is 302 g/mol. The van der Waals surface area contributed by atoms with Crippen molar-refractivity contribution >= 4 is 11.1 Å². The van der Waals surface area contributed by atoms with Crippen LogP contribution in [0.5, 0.6) is 5.75 Å². The first-order chi connectivity index (χ1) is 11.2. The van der Waals surface area contributed by atoms with Crippen LogP contribution in [0.2, 0.25) is 0 Å². The van der Waals surface area contributed by atoms with Crippen molar-refractivity contribution in [1.82, 2.24) is 0 Å². The summed E-state index contributed by atoms with van der Waals surface area (Å²) in [5.41, 5.74) is 5.73. The summed E-state index contributed by atoms with van der Waals surface area (Å²) < 4.78 is 14.4. The van der Waals surface area contributed by atoms with Crippen LogP contribution in [0, 0.1) is 5.82 Å². The number of aromatic hydroxyl groups is 1. The van der Waals surface area contributed by atoms with E-state index in [0.717, 1.165) is 27.8 Å². The third-order valence-electron chi connectivity index (χ3n) is 4.29. The Kier molecular flexibility index (Phi) is 3.23. The van der Waals surface area contributed by atoms with Crippen LogP contribution in [0.1, 0.15) is 22.3 Å². The molecule has 0 amide bonds. The van der Waals surface area contributed by atoms with Gasteiger partial charge < -0.3 is 5.11 Å². The SMILES string of the molecule is Oc1ccc2c(c1)CC(c1ccccc1)=C2c1ccccc1F. The number of hydrogen-bond donors (Lipinski definition) is 1. The molecule has 3 aromatic rings. The van der Waals surface area contributed by atoms with Gasteiger partial charge in [-0.3, -0.25) is 0 Å². The van der Waals surface area contributed by atoms with Gasteiger partial charge in [-0.25, -0.2) is 4.39 Å². The van der Waals surface area contributed by atoms with Crippen LogP contribution in [-0.2, 0) is 6.42 Å². The zero-order valence-electron chi connectivity index (χ0n) is 12.5. The summed E-state index contributed by atoms with van der Waals surface area (Å²) in [4.78, 5) is 0. The van der Waals surface area contributed by atoms with Crippen molar-refractivity contribution in [3.05, 3.63) is 101 Å². The van der Waals surface area contributed by atoms with Gasteiger partial charge in [-0.2, -0.15) is 0 Å². The van der Waals surface area contributed by atoms with E-state index in [1.807, 2.05) is 48.5 Å². The molecule has 2 heteroatoms. The van der Waals surface area contributed by atoms with E-state index in [1.165, 1.54) is 6.07 Å². The number of halogens is 1. The van der Waals surface area contributed by atoms with Crippen molar-refractivity contribution in [2.45, 2.75) is 6.42 Å². The highest BCUT2D eigenvalue weighted by Crippen LogP contribution is 2.43. The molecule has 1 aliphatic rings. The lowest BCUT2D eigenvalue weighted by molar-refractivity contribution is 0.475. The minimum atomic E-state index is -0.225. The largest absolute Gasteiger partial charge is 0.508 e. The predicted octanol–water partition coefficient (Wildman–Crippen LogP) is 5.05. The highest BCUT2D eigenvalue weighted by Gasteiger charge is 2.25. The van der Waals surface area contributed by atoms with Crippen molar-refractivity contribution in [2.24, 2.45) is 0 Å². The summed E-state index contributed by atoms with van der Waals surface area (Å²) in [6, 6.07) is 22.2. The van der Waals surface area contributed by atoms with Crippen LogP contribution in [0.25, 0.3) is 11.1 Å². The van der Waals surface area contributed by atoms with Gasteiger partial charge in [-0.05, 0) is 52.5 Å². The molecule has 0 bridgehead atoms. The molecule has 0 unspecified atom stereocenters. The van der Waals surface area contributed by atoms with Crippen LogP contribution in [0.15, 0.2) is 72.8 Å². The molecule has 0 spiro atoms. The highest BCUT2D eigenvalue weighted by atomic mass is 19.1. The van der Waals surface area contributed by atoms with Crippen molar-refractivity contribution in [3.8, 4) is 5.75 Å². The second kappa shape index (κ2) is 5.40. The molecule has 0 saturated carbocycles. The number of rotatable bonds is 2. The first-order valence-corrected chi connectivity index (χ1v) is 7.60. The highest BCUT2D eigenvalue weighted by molar-refractivity contribution is 6.03. The van der Waals surface area contributed by atoms with Crippen molar-refractivity contribution in [1.29, 1.82) is 0 Å². The van der Waals surface area contributed by atoms with E-state index in [0.29, 0.717) is 12.0 Å². The van der Waals surface area contributed by atoms with E-state index in [-0.39, 0.29) is 11.6 Å². The number of benzene rings is 3. The molecule has 0 aromatic heterocycles. The zero-order chi connectivity index (χ0) is 15.8. The van der Waals surface area contributed by atoms with Crippen LogP contribution < -0.4 is 0 Å². The van der Waals surface area contributed by atoms with Crippen molar-refractivity contribution in [2.75, 3.05) is 0 Å². The van der Waals surface area contributed by atoms with Gasteiger partial charge in [0.15, 0.2) is 0 Å². The molecule has 1 N–H and O–H groups in total. The van der Waals surface area contributed by atoms with Crippen molar-refractivity contribution in [3.63, 3.8) is 0 Å². The van der Waals surface area contributed by atoms with Gasteiger partial charge >= 0.3 is 0 Å². The molecule has 112 valence electrons. The van der Waals surface area contributed by atoms with E-state index in [9.17, 15) is 9.50 Å². The molecule has 0 saturated heterocycles. The summed E-state index contributed by atoms with van der Waals surface area (Å²) in [6.45, 7) is 0. The van der Waals surface area contributed by atoms with Gasteiger partial charge in [0.05, 0.1) is 0 Å². The minimum absolute atomic E-state index is 0.225. The lowest BCUT2D eigenvalue weighted by Gasteiger charge is -2.10. The van der Waals surface area contributed by atoms with Gasteiger partial charge in [0.2, 0.25) is 0 Å². The second-order valence-corrected chi connectivity index (χ2v) is 5.72. The van der Waals surface area contributed by atoms with Crippen LogP contribution in [0.4, 0.5) is 4.39 Å². The molecule has 0 fully saturated rings. The van der Waals surface area contributed by atoms with Gasteiger partial charge in [-0.1, -0.05) is 54.6 Å². The van der Waals surface area contributed by atoms with E-state index in [1.54, 1.807) is 18.2 Å². The number of hydrogen-bond acceptors (Lipinski definition) is 1. The van der Waals surface area contributed by atoms with Crippen molar-refractivity contribution < 1.29 is 9.50 Å². The third-order valence-corrected chi connectivity index (χ3v) is 4.29. The van der Waals surface area contributed by atoms with E-state index in [4.69, 9.17) is 0 Å². The fourth-order valence-corrected chi connectivity index (χ4v) is 3.27.